The molecule has 0 atom stereocenters. The fourth-order valence-corrected chi connectivity index (χ4v) is 2.58. The number of hydrogen-bond acceptors (Lipinski definition) is 2. The van der Waals surface area contributed by atoms with Crippen LogP contribution in [0.5, 0.6) is 0 Å². The van der Waals surface area contributed by atoms with E-state index in [-0.39, 0.29) is 5.54 Å². The van der Waals surface area contributed by atoms with Crippen molar-refractivity contribution >= 4 is 5.69 Å². The van der Waals surface area contributed by atoms with Gasteiger partial charge in [-0.15, -0.1) is 0 Å². The van der Waals surface area contributed by atoms with Gasteiger partial charge in [0.1, 0.15) is 0 Å². The predicted octanol–water partition coefficient (Wildman–Crippen LogP) is 3.00. The van der Waals surface area contributed by atoms with E-state index in [1.165, 1.54) is 36.2 Å². The lowest BCUT2D eigenvalue weighted by atomic mass is 9.98. The molecule has 0 bridgehead atoms. The van der Waals surface area contributed by atoms with Gasteiger partial charge < -0.3 is 10.2 Å². The van der Waals surface area contributed by atoms with Crippen LogP contribution in [0, 0.1) is 0 Å². The molecule has 0 aromatic heterocycles. The third-order valence-electron chi connectivity index (χ3n) is 3.56. The molecule has 1 aromatic rings. The summed E-state index contributed by atoms with van der Waals surface area (Å²) in [5.74, 6) is 0. The van der Waals surface area contributed by atoms with Gasteiger partial charge in [-0.25, -0.2) is 0 Å². The fraction of sp³-hybridized carbons (Fsp3) is 0.625. The number of benzene rings is 1. The Bertz CT molecular complexity index is 404. The van der Waals surface area contributed by atoms with E-state index in [0.717, 1.165) is 13.0 Å². The van der Waals surface area contributed by atoms with E-state index >= 15 is 0 Å². The molecule has 0 saturated carbocycles. The molecule has 1 heterocycles. The Morgan fingerprint density at radius 2 is 2.06 bits per heavy atom. The lowest BCUT2D eigenvalue weighted by Crippen LogP contribution is -2.37. The highest BCUT2D eigenvalue weighted by molar-refractivity contribution is 5.56. The number of hydrogen-bond donors (Lipinski definition) is 1. The molecule has 1 aliphatic rings. The number of anilines is 1. The van der Waals surface area contributed by atoms with Crippen molar-refractivity contribution in [2.24, 2.45) is 0 Å². The van der Waals surface area contributed by atoms with Gasteiger partial charge >= 0.3 is 0 Å². The first kappa shape index (κ1) is 13.4. The first-order chi connectivity index (χ1) is 8.46. The first-order valence-electron chi connectivity index (χ1n) is 7.04. The predicted molar refractivity (Wildman–Crippen MR) is 79.5 cm³/mol. The van der Waals surface area contributed by atoms with Crippen molar-refractivity contribution in [1.82, 2.24) is 5.32 Å². The van der Waals surface area contributed by atoms with Crippen LogP contribution in [-0.2, 0) is 12.8 Å². The highest BCUT2D eigenvalue weighted by atomic mass is 15.1. The van der Waals surface area contributed by atoms with E-state index in [2.05, 4.69) is 56.2 Å². The van der Waals surface area contributed by atoms with Gasteiger partial charge in [-0.3, -0.25) is 0 Å². The monoisotopic (exact) mass is 246 g/mol. The standard InChI is InChI=1S/C16H26N2/c1-16(2,3)17-10-9-13-7-8-15-14(12-13)6-5-11-18(15)4/h7-8,12,17H,5-6,9-11H2,1-4H3. The molecular formula is C16H26N2. The summed E-state index contributed by atoms with van der Waals surface area (Å²) in [6, 6.07) is 6.97. The zero-order valence-corrected chi connectivity index (χ0v) is 12.2. The minimum absolute atomic E-state index is 0.217. The Balaban J connectivity index is 1.99. The van der Waals surface area contributed by atoms with Crippen LogP contribution in [-0.4, -0.2) is 25.7 Å². The van der Waals surface area contributed by atoms with Gasteiger partial charge in [-0.2, -0.15) is 0 Å². The summed E-state index contributed by atoms with van der Waals surface area (Å²) in [4.78, 5) is 2.37. The second-order valence-corrected chi connectivity index (χ2v) is 6.41. The Hall–Kier alpha value is -1.02. The summed E-state index contributed by atoms with van der Waals surface area (Å²) in [6.45, 7) is 8.90. The van der Waals surface area contributed by atoms with E-state index in [0.29, 0.717) is 0 Å². The van der Waals surface area contributed by atoms with Crippen molar-refractivity contribution in [2.45, 2.75) is 45.6 Å². The normalized spacial score (nSPS) is 15.7. The molecule has 2 heteroatoms. The Morgan fingerprint density at radius 3 is 2.78 bits per heavy atom. The molecular weight excluding hydrogens is 220 g/mol. The van der Waals surface area contributed by atoms with Crippen molar-refractivity contribution in [1.29, 1.82) is 0 Å². The van der Waals surface area contributed by atoms with Crippen molar-refractivity contribution in [3.05, 3.63) is 29.3 Å². The third-order valence-corrected chi connectivity index (χ3v) is 3.56. The summed E-state index contributed by atoms with van der Waals surface area (Å²) in [5.41, 5.74) is 4.63. The van der Waals surface area contributed by atoms with Crippen LogP contribution < -0.4 is 10.2 Å². The maximum Gasteiger partial charge on any atom is 0.0396 e. The minimum Gasteiger partial charge on any atom is -0.374 e. The second-order valence-electron chi connectivity index (χ2n) is 6.41. The molecule has 1 aromatic carbocycles. The highest BCUT2D eigenvalue weighted by Crippen LogP contribution is 2.26. The van der Waals surface area contributed by atoms with Crippen molar-refractivity contribution in [2.75, 3.05) is 25.0 Å². The van der Waals surface area contributed by atoms with Gasteiger partial charge in [-0.05, 0) is 63.8 Å². The molecule has 1 N–H and O–H groups in total. The molecule has 100 valence electrons. The van der Waals surface area contributed by atoms with E-state index in [9.17, 15) is 0 Å². The molecule has 0 aliphatic carbocycles. The quantitative estimate of drug-likeness (QED) is 0.882. The lowest BCUT2D eigenvalue weighted by Gasteiger charge is -2.28. The summed E-state index contributed by atoms with van der Waals surface area (Å²) < 4.78 is 0. The van der Waals surface area contributed by atoms with E-state index < -0.39 is 0 Å². The summed E-state index contributed by atoms with van der Waals surface area (Å²) in [6.07, 6.45) is 3.64. The van der Waals surface area contributed by atoms with Gasteiger partial charge in [0.2, 0.25) is 0 Å². The molecule has 0 spiro atoms. The number of fused-ring (bicyclic) bond motifs is 1. The van der Waals surface area contributed by atoms with Gasteiger partial charge in [0.15, 0.2) is 0 Å². The SMILES string of the molecule is CN1CCCc2cc(CCNC(C)(C)C)ccc21. The van der Waals surface area contributed by atoms with Gasteiger partial charge in [0, 0.05) is 24.8 Å². The Kier molecular flexibility index (Phi) is 3.96. The number of nitrogens with zero attached hydrogens (tertiary/aromatic N) is 1. The van der Waals surface area contributed by atoms with Crippen LogP contribution in [0.25, 0.3) is 0 Å². The van der Waals surface area contributed by atoms with E-state index in [4.69, 9.17) is 0 Å². The number of rotatable bonds is 3. The second kappa shape index (κ2) is 5.31. The molecule has 0 unspecified atom stereocenters. The van der Waals surface area contributed by atoms with Gasteiger partial charge in [0.05, 0.1) is 0 Å². The van der Waals surface area contributed by atoms with Crippen LogP contribution in [0.2, 0.25) is 0 Å². The average Bonchev–Trinajstić information content (AvgIpc) is 2.27. The maximum absolute atomic E-state index is 3.55. The number of nitrogens with one attached hydrogen (secondary N) is 1. The molecule has 0 saturated heterocycles. The molecule has 0 radical (unpaired) electrons. The molecule has 2 rings (SSSR count). The Morgan fingerprint density at radius 1 is 1.28 bits per heavy atom. The molecule has 0 fully saturated rings. The van der Waals surface area contributed by atoms with Gasteiger partial charge in [0.25, 0.3) is 0 Å². The van der Waals surface area contributed by atoms with Crippen LogP contribution in [0.3, 0.4) is 0 Å². The van der Waals surface area contributed by atoms with E-state index in [1.54, 1.807) is 0 Å². The Labute approximate surface area is 111 Å². The van der Waals surface area contributed by atoms with Crippen molar-refractivity contribution in [3.8, 4) is 0 Å². The van der Waals surface area contributed by atoms with Crippen molar-refractivity contribution in [3.63, 3.8) is 0 Å². The van der Waals surface area contributed by atoms with Crippen molar-refractivity contribution < 1.29 is 0 Å². The summed E-state index contributed by atoms with van der Waals surface area (Å²) >= 11 is 0. The molecule has 0 amide bonds. The van der Waals surface area contributed by atoms with Crippen LogP contribution in [0.4, 0.5) is 5.69 Å². The number of aryl methyl sites for hydroxylation is 1. The average molecular weight is 246 g/mol. The highest BCUT2D eigenvalue weighted by Gasteiger charge is 2.14. The first-order valence-corrected chi connectivity index (χ1v) is 7.04. The zero-order valence-electron chi connectivity index (χ0n) is 12.2. The van der Waals surface area contributed by atoms with Crippen LogP contribution in [0.1, 0.15) is 38.3 Å². The largest absolute Gasteiger partial charge is 0.374 e. The smallest absolute Gasteiger partial charge is 0.0396 e. The van der Waals surface area contributed by atoms with E-state index in [1.807, 2.05) is 0 Å². The molecule has 1 aliphatic heterocycles. The topological polar surface area (TPSA) is 15.3 Å². The molecule has 18 heavy (non-hydrogen) atoms. The van der Waals surface area contributed by atoms with Crippen LogP contribution in [0.15, 0.2) is 18.2 Å². The van der Waals surface area contributed by atoms with Crippen LogP contribution >= 0.6 is 0 Å². The fourth-order valence-electron chi connectivity index (χ4n) is 2.58. The summed E-state index contributed by atoms with van der Waals surface area (Å²) in [7, 11) is 2.19. The molecule has 2 nitrogen and oxygen atoms in total. The third kappa shape index (κ3) is 3.49. The minimum atomic E-state index is 0.217. The zero-order chi connectivity index (χ0) is 13.2. The lowest BCUT2D eigenvalue weighted by molar-refractivity contribution is 0.429. The maximum atomic E-state index is 3.55. The van der Waals surface area contributed by atoms with Gasteiger partial charge in [-0.1, -0.05) is 12.1 Å². The summed E-state index contributed by atoms with van der Waals surface area (Å²) in [5, 5.41) is 3.55.